The second-order valence-electron chi connectivity index (χ2n) is 5.90. The molecule has 0 fully saturated rings. The van der Waals surface area contributed by atoms with Crippen LogP contribution in [0.1, 0.15) is 26.1 Å². The zero-order valence-electron chi connectivity index (χ0n) is 14.4. The molecule has 0 saturated heterocycles. The largest absolute Gasteiger partial charge is 0.495 e. The Morgan fingerprint density at radius 3 is 2.56 bits per heavy atom. The highest BCUT2D eigenvalue weighted by Gasteiger charge is 2.32. The average molecular weight is 358 g/mol. The van der Waals surface area contributed by atoms with Crippen LogP contribution in [0.5, 0.6) is 5.75 Å². The van der Waals surface area contributed by atoms with E-state index in [2.05, 4.69) is 34.7 Å². The van der Waals surface area contributed by atoms with Crippen LogP contribution in [0, 0.1) is 0 Å². The fraction of sp³-hybridized carbons (Fsp3) is 0.278. The van der Waals surface area contributed by atoms with Crippen molar-refractivity contribution in [3.05, 3.63) is 59.4 Å². The quantitative estimate of drug-likeness (QED) is 0.720. The molecule has 0 bridgehead atoms. The van der Waals surface area contributed by atoms with Crippen molar-refractivity contribution in [2.75, 3.05) is 12.4 Å². The number of ether oxygens (including phenoxy) is 1. The number of benzene rings is 2. The minimum absolute atomic E-state index is 0.488. The Morgan fingerprint density at radius 1 is 1.16 bits per heavy atom. The van der Waals surface area contributed by atoms with Gasteiger partial charge in [-0.1, -0.05) is 30.7 Å². The molecule has 3 aromatic rings. The minimum atomic E-state index is -0.488. The summed E-state index contributed by atoms with van der Waals surface area (Å²) in [5, 5.41) is 16.5. The smallest absolute Gasteiger partial charge is 0.181 e. The predicted octanol–water partition coefficient (Wildman–Crippen LogP) is 4.06. The standard InChI is InChI=1S/C18H20ClN5O/c1-4-18(2,20-15-7-5-6-8-16(15)25-3)17-21-22-23-24(17)14-11-9-13(19)10-12-14/h5-12,20H,4H2,1-3H3. The van der Waals surface area contributed by atoms with Gasteiger partial charge in [-0.25, -0.2) is 0 Å². The number of aromatic nitrogens is 4. The van der Waals surface area contributed by atoms with E-state index in [-0.39, 0.29) is 0 Å². The zero-order chi connectivity index (χ0) is 17.9. The van der Waals surface area contributed by atoms with Crippen LogP contribution in [0.3, 0.4) is 0 Å². The first-order chi connectivity index (χ1) is 12.1. The van der Waals surface area contributed by atoms with Gasteiger partial charge < -0.3 is 10.1 Å². The molecule has 0 saturated carbocycles. The Bertz CT molecular complexity index is 849. The van der Waals surface area contributed by atoms with Gasteiger partial charge in [-0.2, -0.15) is 4.68 Å². The number of hydrogen-bond donors (Lipinski definition) is 1. The predicted molar refractivity (Wildman–Crippen MR) is 98.4 cm³/mol. The second-order valence-corrected chi connectivity index (χ2v) is 6.34. The van der Waals surface area contributed by atoms with E-state index in [1.54, 1.807) is 11.8 Å². The lowest BCUT2D eigenvalue weighted by Gasteiger charge is -2.30. The van der Waals surface area contributed by atoms with Crippen LogP contribution in [-0.4, -0.2) is 27.3 Å². The molecule has 0 aliphatic rings. The summed E-state index contributed by atoms with van der Waals surface area (Å²) < 4.78 is 7.17. The van der Waals surface area contributed by atoms with Crippen LogP contribution in [0.25, 0.3) is 5.69 Å². The summed E-state index contributed by atoms with van der Waals surface area (Å²) in [5.41, 5.74) is 1.25. The number of halogens is 1. The second kappa shape index (κ2) is 7.11. The van der Waals surface area contributed by atoms with Gasteiger partial charge in [0.2, 0.25) is 0 Å². The van der Waals surface area contributed by atoms with Crippen LogP contribution in [0.2, 0.25) is 5.02 Å². The molecular weight excluding hydrogens is 338 g/mol. The summed E-state index contributed by atoms with van der Waals surface area (Å²) in [6.07, 6.45) is 0.777. The molecule has 25 heavy (non-hydrogen) atoms. The van der Waals surface area contributed by atoms with Gasteiger partial charge >= 0.3 is 0 Å². The molecule has 1 aromatic heterocycles. The third-order valence-electron chi connectivity index (χ3n) is 4.26. The van der Waals surface area contributed by atoms with Crippen molar-refractivity contribution in [1.82, 2.24) is 20.2 Å². The Balaban J connectivity index is 2.01. The van der Waals surface area contributed by atoms with Crippen molar-refractivity contribution in [3.63, 3.8) is 0 Å². The molecule has 0 aliphatic heterocycles. The summed E-state index contributed by atoms with van der Waals surface area (Å²) in [5.74, 6) is 1.48. The van der Waals surface area contributed by atoms with Crippen LogP contribution in [0.15, 0.2) is 48.5 Å². The van der Waals surface area contributed by atoms with Crippen molar-refractivity contribution in [2.45, 2.75) is 25.8 Å². The maximum atomic E-state index is 5.98. The Labute approximate surface area is 151 Å². The summed E-state index contributed by atoms with van der Waals surface area (Å²) in [4.78, 5) is 0. The van der Waals surface area contributed by atoms with Gasteiger partial charge in [0.05, 0.1) is 24.0 Å². The minimum Gasteiger partial charge on any atom is -0.495 e. The molecule has 1 heterocycles. The van der Waals surface area contributed by atoms with Crippen LogP contribution >= 0.6 is 11.6 Å². The molecular formula is C18H20ClN5O. The number of nitrogens with one attached hydrogen (secondary N) is 1. The first-order valence-corrected chi connectivity index (χ1v) is 8.41. The van der Waals surface area contributed by atoms with Gasteiger partial charge in [0.1, 0.15) is 5.75 Å². The third-order valence-corrected chi connectivity index (χ3v) is 4.51. The summed E-state index contributed by atoms with van der Waals surface area (Å²) in [6.45, 7) is 4.15. The number of para-hydroxylation sites is 2. The van der Waals surface area contributed by atoms with Gasteiger partial charge in [0, 0.05) is 5.02 Å². The number of nitrogens with zero attached hydrogens (tertiary/aromatic N) is 4. The number of hydrogen-bond acceptors (Lipinski definition) is 5. The Hall–Kier alpha value is -2.60. The van der Waals surface area contributed by atoms with E-state index in [1.165, 1.54) is 0 Å². The molecule has 2 aromatic carbocycles. The maximum absolute atomic E-state index is 5.98. The Morgan fingerprint density at radius 2 is 1.88 bits per heavy atom. The highest BCUT2D eigenvalue weighted by atomic mass is 35.5. The van der Waals surface area contributed by atoms with Crippen molar-refractivity contribution in [3.8, 4) is 11.4 Å². The van der Waals surface area contributed by atoms with Crippen LogP contribution < -0.4 is 10.1 Å². The number of tetrazole rings is 1. The molecule has 130 valence electrons. The molecule has 0 spiro atoms. The molecule has 0 aliphatic carbocycles. The summed E-state index contributed by atoms with van der Waals surface area (Å²) in [6, 6.07) is 15.2. The summed E-state index contributed by atoms with van der Waals surface area (Å²) in [7, 11) is 1.65. The fourth-order valence-corrected chi connectivity index (χ4v) is 2.76. The van der Waals surface area contributed by atoms with E-state index < -0.39 is 5.54 Å². The van der Waals surface area contributed by atoms with Crippen LogP contribution in [0.4, 0.5) is 5.69 Å². The zero-order valence-corrected chi connectivity index (χ0v) is 15.2. The molecule has 0 amide bonds. The van der Waals surface area contributed by atoms with E-state index in [1.807, 2.05) is 48.5 Å². The van der Waals surface area contributed by atoms with Crippen molar-refractivity contribution < 1.29 is 4.74 Å². The van der Waals surface area contributed by atoms with Gasteiger partial charge in [-0.3, -0.25) is 0 Å². The van der Waals surface area contributed by atoms with Crippen molar-refractivity contribution >= 4 is 17.3 Å². The van der Waals surface area contributed by atoms with Crippen molar-refractivity contribution in [2.24, 2.45) is 0 Å². The van der Waals surface area contributed by atoms with Gasteiger partial charge in [-0.05, 0) is 60.2 Å². The van der Waals surface area contributed by atoms with Gasteiger partial charge in [0.25, 0.3) is 0 Å². The SMILES string of the molecule is CCC(C)(Nc1ccccc1OC)c1nnnn1-c1ccc(Cl)cc1. The first kappa shape index (κ1) is 17.2. The third kappa shape index (κ3) is 3.44. The van der Waals surface area contributed by atoms with E-state index in [4.69, 9.17) is 16.3 Å². The van der Waals surface area contributed by atoms with Gasteiger partial charge in [-0.15, -0.1) is 5.10 Å². The number of anilines is 1. The maximum Gasteiger partial charge on any atom is 0.181 e. The lowest BCUT2D eigenvalue weighted by atomic mass is 9.96. The summed E-state index contributed by atoms with van der Waals surface area (Å²) >= 11 is 5.98. The lowest BCUT2D eigenvalue weighted by Crippen LogP contribution is -2.34. The fourth-order valence-electron chi connectivity index (χ4n) is 2.63. The molecule has 1 atom stereocenters. The van der Waals surface area contributed by atoms with E-state index in [0.717, 1.165) is 23.5 Å². The topological polar surface area (TPSA) is 64.9 Å². The average Bonchev–Trinajstić information content (AvgIpc) is 3.13. The first-order valence-electron chi connectivity index (χ1n) is 8.03. The lowest BCUT2D eigenvalue weighted by molar-refractivity contribution is 0.411. The molecule has 1 N–H and O–H groups in total. The molecule has 6 nitrogen and oxygen atoms in total. The molecule has 0 radical (unpaired) electrons. The van der Waals surface area contributed by atoms with E-state index in [9.17, 15) is 0 Å². The number of methoxy groups -OCH3 is 1. The van der Waals surface area contributed by atoms with Crippen LogP contribution in [-0.2, 0) is 5.54 Å². The van der Waals surface area contributed by atoms with Gasteiger partial charge in [0.15, 0.2) is 5.82 Å². The van der Waals surface area contributed by atoms with E-state index in [0.29, 0.717) is 10.8 Å². The number of rotatable bonds is 6. The van der Waals surface area contributed by atoms with E-state index >= 15 is 0 Å². The highest BCUT2D eigenvalue weighted by molar-refractivity contribution is 6.30. The Kier molecular flexibility index (Phi) is 4.90. The molecule has 1 unspecified atom stereocenters. The normalized spacial score (nSPS) is 13.3. The van der Waals surface area contributed by atoms with Crippen molar-refractivity contribution in [1.29, 1.82) is 0 Å². The monoisotopic (exact) mass is 357 g/mol. The molecule has 3 rings (SSSR count). The highest BCUT2D eigenvalue weighted by Crippen LogP contribution is 2.33. The molecule has 7 heteroatoms.